The third-order valence-corrected chi connectivity index (χ3v) is 3.75. The maximum absolute atomic E-state index is 5.57. The van der Waals surface area contributed by atoms with Crippen molar-refractivity contribution in [3.8, 4) is 0 Å². The van der Waals surface area contributed by atoms with E-state index in [1.165, 1.54) is 0 Å². The SMILES string of the molecule is CC1OCCC1(C)Nc1ncncc1I. The molecule has 0 amide bonds. The summed E-state index contributed by atoms with van der Waals surface area (Å²) in [6, 6.07) is 0. The lowest BCUT2D eigenvalue weighted by Crippen LogP contribution is -2.41. The van der Waals surface area contributed by atoms with Crippen molar-refractivity contribution in [2.75, 3.05) is 11.9 Å². The molecule has 0 aliphatic carbocycles. The topological polar surface area (TPSA) is 47.0 Å². The van der Waals surface area contributed by atoms with Gasteiger partial charge in [-0.3, -0.25) is 0 Å². The first-order chi connectivity index (χ1) is 7.12. The van der Waals surface area contributed by atoms with E-state index in [0.717, 1.165) is 22.4 Å². The molecule has 1 aliphatic rings. The first kappa shape index (κ1) is 11.1. The number of nitrogens with one attached hydrogen (secondary N) is 1. The molecule has 0 radical (unpaired) electrons. The third kappa shape index (κ3) is 2.23. The Morgan fingerprint density at radius 1 is 1.67 bits per heavy atom. The van der Waals surface area contributed by atoms with Gasteiger partial charge in [0.2, 0.25) is 0 Å². The van der Waals surface area contributed by atoms with Crippen LogP contribution in [0.4, 0.5) is 5.82 Å². The zero-order chi connectivity index (χ0) is 10.9. The highest BCUT2D eigenvalue weighted by molar-refractivity contribution is 14.1. The maximum atomic E-state index is 5.57. The molecule has 2 heterocycles. The maximum Gasteiger partial charge on any atom is 0.143 e. The molecule has 15 heavy (non-hydrogen) atoms. The smallest absolute Gasteiger partial charge is 0.143 e. The Hall–Kier alpha value is -0.430. The van der Waals surface area contributed by atoms with Crippen LogP contribution in [0, 0.1) is 3.57 Å². The third-order valence-electron chi connectivity index (χ3n) is 2.96. The molecule has 1 aromatic heterocycles. The zero-order valence-corrected chi connectivity index (χ0v) is 11.0. The molecule has 1 N–H and O–H groups in total. The normalized spacial score (nSPS) is 30.5. The monoisotopic (exact) mass is 319 g/mol. The van der Waals surface area contributed by atoms with Crippen LogP contribution >= 0.6 is 22.6 Å². The summed E-state index contributed by atoms with van der Waals surface area (Å²) in [6.07, 6.45) is 4.59. The second-order valence-corrected chi connectivity index (χ2v) is 5.19. The van der Waals surface area contributed by atoms with Gasteiger partial charge in [-0.05, 0) is 42.9 Å². The van der Waals surface area contributed by atoms with Gasteiger partial charge >= 0.3 is 0 Å². The van der Waals surface area contributed by atoms with E-state index in [1.54, 1.807) is 12.5 Å². The van der Waals surface area contributed by atoms with Crippen LogP contribution in [0.2, 0.25) is 0 Å². The molecule has 2 rings (SSSR count). The molecular formula is C10H14IN3O. The number of aromatic nitrogens is 2. The lowest BCUT2D eigenvalue weighted by molar-refractivity contribution is 0.105. The van der Waals surface area contributed by atoms with Crippen LogP contribution in [0.25, 0.3) is 0 Å². The summed E-state index contributed by atoms with van der Waals surface area (Å²) in [4.78, 5) is 8.21. The van der Waals surface area contributed by atoms with Crippen molar-refractivity contribution in [1.29, 1.82) is 0 Å². The number of halogens is 1. The molecule has 2 unspecified atom stereocenters. The average Bonchev–Trinajstić information content (AvgIpc) is 2.51. The minimum Gasteiger partial charge on any atom is -0.376 e. The highest BCUT2D eigenvalue weighted by Gasteiger charge is 2.37. The van der Waals surface area contributed by atoms with Crippen molar-refractivity contribution in [3.05, 3.63) is 16.1 Å². The first-order valence-electron chi connectivity index (χ1n) is 4.97. The van der Waals surface area contributed by atoms with Crippen molar-refractivity contribution >= 4 is 28.4 Å². The van der Waals surface area contributed by atoms with Gasteiger partial charge in [0.15, 0.2) is 0 Å². The van der Waals surface area contributed by atoms with Gasteiger partial charge in [-0.15, -0.1) is 0 Å². The van der Waals surface area contributed by atoms with Crippen LogP contribution in [0.3, 0.4) is 0 Å². The molecule has 5 heteroatoms. The first-order valence-corrected chi connectivity index (χ1v) is 6.05. The van der Waals surface area contributed by atoms with E-state index in [2.05, 4.69) is 51.7 Å². The Morgan fingerprint density at radius 2 is 2.47 bits per heavy atom. The second-order valence-electron chi connectivity index (χ2n) is 4.02. The van der Waals surface area contributed by atoms with E-state index in [0.29, 0.717) is 0 Å². The molecule has 0 spiro atoms. The average molecular weight is 319 g/mol. The van der Waals surface area contributed by atoms with Gasteiger partial charge in [-0.1, -0.05) is 0 Å². The van der Waals surface area contributed by atoms with Crippen molar-refractivity contribution in [2.24, 2.45) is 0 Å². The van der Waals surface area contributed by atoms with Crippen molar-refractivity contribution in [1.82, 2.24) is 9.97 Å². The van der Waals surface area contributed by atoms with Crippen molar-refractivity contribution < 1.29 is 4.74 Å². The van der Waals surface area contributed by atoms with Gasteiger partial charge in [0.1, 0.15) is 12.1 Å². The van der Waals surface area contributed by atoms with Crippen molar-refractivity contribution in [3.63, 3.8) is 0 Å². The van der Waals surface area contributed by atoms with E-state index in [9.17, 15) is 0 Å². The fourth-order valence-corrected chi connectivity index (χ4v) is 2.11. The summed E-state index contributed by atoms with van der Waals surface area (Å²) < 4.78 is 6.61. The van der Waals surface area contributed by atoms with Gasteiger partial charge in [-0.25, -0.2) is 9.97 Å². The van der Waals surface area contributed by atoms with Crippen LogP contribution < -0.4 is 5.32 Å². The Kier molecular flexibility index (Phi) is 3.11. The fourth-order valence-electron chi connectivity index (χ4n) is 1.67. The van der Waals surface area contributed by atoms with Crippen LogP contribution in [0.5, 0.6) is 0 Å². The van der Waals surface area contributed by atoms with Gasteiger partial charge in [0.05, 0.1) is 15.2 Å². The summed E-state index contributed by atoms with van der Waals surface area (Å²) >= 11 is 2.23. The number of hydrogen-bond acceptors (Lipinski definition) is 4. The number of rotatable bonds is 2. The number of ether oxygens (including phenoxy) is 1. The van der Waals surface area contributed by atoms with E-state index in [1.807, 2.05) is 0 Å². The Bertz CT molecular complexity index is 360. The minimum absolute atomic E-state index is 0.0196. The van der Waals surface area contributed by atoms with E-state index >= 15 is 0 Å². The quantitative estimate of drug-likeness (QED) is 0.848. The van der Waals surface area contributed by atoms with Crippen molar-refractivity contribution in [2.45, 2.75) is 31.9 Å². The van der Waals surface area contributed by atoms with Gasteiger partial charge in [0.25, 0.3) is 0 Å². The molecule has 1 aromatic rings. The standard InChI is InChI=1S/C10H14IN3O/c1-7-10(2,3-4-15-7)14-9-8(11)5-12-6-13-9/h5-7H,3-4H2,1-2H3,(H,12,13,14). The molecule has 1 fully saturated rings. The summed E-state index contributed by atoms with van der Waals surface area (Å²) in [6.45, 7) is 5.07. The Labute approximate surface area is 103 Å². The predicted octanol–water partition coefficient (Wildman–Crippen LogP) is 2.06. The van der Waals surface area contributed by atoms with Gasteiger partial charge in [0, 0.05) is 12.8 Å². The lowest BCUT2D eigenvalue weighted by atomic mass is 9.95. The largest absolute Gasteiger partial charge is 0.376 e. The van der Waals surface area contributed by atoms with Crippen LogP contribution in [-0.4, -0.2) is 28.2 Å². The summed E-state index contributed by atoms with van der Waals surface area (Å²) in [5.74, 6) is 0.894. The molecule has 0 saturated carbocycles. The van der Waals surface area contributed by atoms with Gasteiger partial charge < -0.3 is 10.1 Å². The second kappa shape index (κ2) is 4.21. The van der Waals surface area contributed by atoms with E-state index < -0.39 is 0 Å². The lowest BCUT2D eigenvalue weighted by Gasteiger charge is -2.29. The summed E-state index contributed by atoms with van der Waals surface area (Å²) in [7, 11) is 0. The highest BCUT2D eigenvalue weighted by Crippen LogP contribution is 2.29. The predicted molar refractivity (Wildman–Crippen MR) is 66.8 cm³/mol. The molecule has 1 saturated heterocycles. The molecule has 1 aliphatic heterocycles. The van der Waals surface area contributed by atoms with E-state index in [4.69, 9.17) is 4.74 Å². The summed E-state index contributed by atoms with van der Waals surface area (Å²) in [5, 5.41) is 3.45. The minimum atomic E-state index is -0.0196. The molecule has 82 valence electrons. The molecule has 4 nitrogen and oxygen atoms in total. The molecule has 0 aromatic carbocycles. The van der Waals surface area contributed by atoms with Crippen LogP contribution in [0.1, 0.15) is 20.3 Å². The highest BCUT2D eigenvalue weighted by atomic mass is 127. The molecular weight excluding hydrogens is 305 g/mol. The Balaban J connectivity index is 2.18. The van der Waals surface area contributed by atoms with E-state index in [-0.39, 0.29) is 11.6 Å². The van der Waals surface area contributed by atoms with Gasteiger partial charge in [-0.2, -0.15) is 0 Å². The summed E-state index contributed by atoms with van der Waals surface area (Å²) in [5.41, 5.74) is -0.0196. The number of nitrogens with zero attached hydrogens (tertiary/aromatic N) is 2. The molecule has 0 bridgehead atoms. The Morgan fingerprint density at radius 3 is 3.07 bits per heavy atom. The number of anilines is 1. The van der Waals surface area contributed by atoms with Crippen LogP contribution in [0.15, 0.2) is 12.5 Å². The zero-order valence-electron chi connectivity index (χ0n) is 8.83. The molecule has 2 atom stereocenters. The van der Waals surface area contributed by atoms with Crippen LogP contribution in [-0.2, 0) is 4.74 Å². The number of hydrogen-bond donors (Lipinski definition) is 1. The fraction of sp³-hybridized carbons (Fsp3) is 0.600.